The molecule has 0 spiro atoms. The van der Waals surface area contributed by atoms with E-state index in [-0.39, 0.29) is 18.1 Å². The van der Waals surface area contributed by atoms with Crippen molar-refractivity contribution in [3.8, 4) is 0 Å². The average molecular weight is 410 g/mol. The van der Waals surface area contributed by atoms with Crippen LogP contribution in [0, 0.1) is 0 Å². The van der Waals surface area contributed by atoms with Crippen molar-refractivity contribution in [2.45, 2.75) is 0 Å². The van der Waals surface area contributed by atoms with E-state index < -0.39 is 11.8 Å². The van der Waals surface area contributed by atoms with Gasteiger partial charge in [0.1, 0.15) is 5.69 Å². The van der Waals surface area contributed by atoms with Gasteiger partial charge in [-0.05, 0) is 12.1 Å². The van der Waals surface area contributed by atoms with Crippen molar-refractivity contribution < 1.29 is 19.1 Å². The number of aryl methyl sites for hydroxylation is 1. The first-order valence-corrected chi connectivity index (χ1v) is 9.58. The van der Waals surface area contributed by atoms with Crippen LogP contribution >= 0.6 is 0 Å². The van der Waals surface area contributed by atoms with Crippen LogP contribution in [0.4, 0.5) is 5.69 Å². The molecule has 0 radical (unpaired) electrons. The molecule has 10 heteroatoms. The third-order valence-electron chi connectivity index (χ3n) is 4.79. The van der Waals surface area contributed by atoms with Gasteiger partial charge in [-0.3, -0.25) is 19.1 Å². The number of carbonyl (C=O) groups is 3. The SMILES string of the molecule is Cn1cc(NC(=O)CNC(=O)c2cc3ccccc3[nH]2)c(C(=O)N2CCOCC2)n1. The Hall–Kier alpha value is -3.66. The zero-order valence-electron chi connectivity index (χ0n) is 16.5. The molecule has 0 aliphatic carbocycles. The summed E-state index contributed by atoms with van der Waals surface area (Å²) in [5.41, 5.74) is 1.68. The van der Waals surface area contributed by atoms with E-state index in [1.165, 1.54) is 4.68 Å². The molecule has 156 valence electrons. The summed E-state index contributed by atoms with van der Waals surface area (Å²) in [4.78, 5) is 42.1. The second-order valence-corrected chi connectivity index (χ2v) is 6.97. The second-order valence-electron chi connectivity index (χ2n) is 6.97. The van der Waals surface area contributed by atoms with E-state index in [2.05, 4.69) is 20.7 Å². The largest absolute Gasteiger partial charge is 0.378 e. The van der Waals surface area contributed by atoms with E-state index in [4.69, 9.17) is 4.74 Å². The number of nitrogens with zero attached hydrogens (tertiary/aromatic N) is 3. The van der Waals surface area contributed by atoms with Crippen LogP contribution in [0.5, 0.6) is 0 Å². The first-order valence-electron chi connectivity index (χ1n) is 9.58. The van der Waals surface area contributed by atoms with Crippen molar-refractivity contribution in [3.05, 3.63) is 47.9 Å². The number of aromatic amines is 1. The number of hydrogen-bond acceptors (Lipinski definition) is 5. The van der Waals surface area contributed by atoms with Crippen LogP contribution in [0.3, 0.4) is 0 Å². The number of aromatic nitrogens is 3. The summed E-state index contributed by atoms with van der Waals surface area (Å²) in [7, 11) is 1.67. The lowest BCUT2D eigenvalue weighted by atomic mass is 10.2. The van der Waals surface area contributed by atoms with Gasteiger partial charge < -0.3 is 25.3 Å². The number of anilines is 1. The van der Waals surface area contributed by atoms with Crippen LogP contribution in [-0.2, 0) is 16.6 Å². The lowest BCUT2D eigenvalue weighted by Crippen LogP contribution is -2.41. The number of H-pyrrole nitrogens is 1. The molecule has 0 saturated carbocycles. The number of para-hydroxylation sites is 1. The van der Waals surface area contributed by atoms with Gasteiger partial charge in [-0.2, -0.15) is 5.10 Å². The third kappa shape index (κ3) is 4.18. The summed E-state index contributed by atoms with van der Waals surface area (Å²) < 4.78 is 6.73. The Kier molecular flexibility index (Phi) is 5.48. The van der Waals surface area contributed by atoms with E-state index >= 15 is 0 Å². The van der Waals surface area contributed by atoms with Crippen LogP contribution in [-0.4, -0.2) is 70.2 Å². The van der Waals surface area contributed by atoms with Gasteiger partial charge in [-0.25, -0.2) is 0 Å². The number of benzene rings is 1. The Morgan fingerprint density at radius 3 is 2.73 bits per heavy atom. The standard InChI is InChI=1S/C20H22N6O4/c1-25-12-16(18(24-25)20(29)26-6-8-30-9-7-26)23-17(27)11-21-19(28)15-10-13-4-2-3-5-14(13)22-15/h2-5,10,12,22H,6-9,11H2,1H3,(H,21,28)(H,23,27). The van der Waals surface area contributed by atoms with Gasteiger partial charge in [0.15, 0.2) is 5.69 Å². The summed E-state index contributed by atoms with van der Waals surface area (Å²) in [6.45, 7) is 1.65. The van der Waals surface area contributed by atoms with E-state index in [0.29, 0.717) is 37.7 Å². The maximum absolute atomic E-state index is 12.7. The van der Waals surface area contributed by atoms with Crippen LogP contribution < -0.4 is 10.6 Å². The van der Waals surface area contributed by atoms with Gasteiger partial charge in [0.05, 0.1) is 25.4 Å². The van der Waals surface area contributed by atoms with Crippen molar-refractivity contribution in [3.63, 3.8) is 0 Å². The molecular formula is C20H22N6O4. The molecule has 0 unspecified atom stereocenters. The Bertz CT molecular complexity index is 1060. The molecule has 1 fully saturated rings. The number of fused-ring (bicyclic) bond motifs is 1. The minimum atomic E-state index is -0.455. The number of hydrogen-bond donors (Lipinski definition) is 3. The molecule has 1 aliphatic rings. The van der Waals surface area contributed by atoms with Crippen molar-refractivity contribution in [1.82, 2.24) is 25.0 Å². The number of ether oxygens (including phenoxy) is 1. The quantitative estimate of drug-likeness (QED) is 0.573. The van der Waals surface area contributed by atoms with Crippen LogP contribution in [0.1, 0.15) is 21.0 Å². The molecule has 1 aromatic carbocycles. The van der Waals surface area contributed by atoms with Gasteiger partial charge in [-0.15, -0.1) is 0 Å². The van der Waals surface area contributed by atoms with Crippen molar-refractivity contribution >= 4 is 34.3 Å². The molecular weight excluding hydrogens is 388 g/mol. The maximum Gasteiger partial charge on any atom is 0.276 e. The lowest BCUT2D eigenvalue weighted by molar-refractivity contribution is -0.115. The Morgan fingerprint density at radius 2 is 1.97 bits per heavy atom. The fraction of sp³-hybridized carbons (Fsp3) is 0.300. The van der Waals surface area contributed by atoms with Crippen LogP contribution in [0.25, 0.3) is 10.9 Å². The smallest absolute Gasteiger partial charge is 0.276 e. The fourth-order valence-electron chi connectivity index (χ4n) is 3.30. The Morgan fingerprint density at radius 1 is 1.20 bits per heavy atom. The zero-order chi connectivity index (χ0) is 21.1. The summed E-state index contributed by atoms with van der Waals surface area (Å²) in [6, 6.07) is 9.24. The highest BCUT2D eigenvalue weighted by Gasteiger charge is 2.25. The molecule has 1 saturated heterocycles. The minimum absolute atomic E-state index is 0.162. The monoisotopic (exact) mass is 410 g/mol. The van der Waals surface area contributed by atoms with Crippen molar-refractivity contribution in [1.29, 1.82) is 0 Å². The molecule has 0 bridgehead atoms. The Labute approximate surface area is 172 Å². The lowest BCUT2D eigenvalue weighted by Gasteiger charge is -2.26. The van der Waals surface area contributed by atoms with Gasteiger partial charge in [-0.1, -0.05) is 18.2 Å². The van der Waals surface area contributed by atoms with Gasteiger partial charge in [0, 0.05) is 37.2 Å². The van der Waals surface area contributed by atoms with Crippen molar-refractivity contribution in [2.75, 3.05) is 38.2 Å². The van der Waals surface area contributed by atoms with E-state index in [1.807, 2.05) is 24.3 Å². The fourth-order valence-corrected chi connectivity index (χ4v) is 3.30. The maximum atomic E-state index is 12.7. The normalized spacial score (nSPS) is 14.0. The molecule has 0 atom stereocenters. The highest BCUT2D eigenvalue weighted by atomic mass is 16.5. The van der Waals surface area contributed by atoms with E-state index in [9.17, 15) is 14.4 Å². The van der Waals surface area contributed by atoms with Crippen LogP contribution in [0.2, 0.25) is 0 Å². The second kappa shape index (κ2) is 8.37. The summed E-state index contributed by atoms with van der Waals surface area (Å²) in [5, 5.41) is 10.3. The minimum Gasteiger partial charge on any atom is -0.378 e. The van der Waals surface area contributed by atoms with Gasteiger partial charge >= 0.3 is 0 Å². The van der Waals surface area contributed by atoms with Crippen molar-refractivity contribution in [2.24, 2.45) is 7.05 Å². The topological polar surface area (TPSA) is 121 Å². The van der Waals surface area contributed by atoms with Gasteiger partial charge in [0.25, 0.3) is 11.8 Å². The summed E-state index contributed by atoms with van der Waals surface area (Å²) >= 11 is 0. The highest BCUT2D eigenvalue weighted by Crippen LogP contribution is 2.17. The molecule has 3 amide bonds. The number of rotatable bonds is 5. The molecule has 30 heavy (non-hydrogen) atoms. The van der Waals surface area contributed by atoms with Crippen LogP contribution in [0.15, 0.2) is 36.5 Å². The number of amides is 3. The molecule has 3 N–H and O–H groups in total. The molecule has 1 aliphatic heterocycles. The van der Waals surface area contributed by atoms with Gasteiger partial charge in [0.2, 0.25) is 5.91 Å². The summed E-state index contributed by atoms with van der Waals surface area (Å²) in [5.74, 6) is -1.11. The molecule has 4 rings (SSSR count). The first-order chi connectivity index (χ1) is 14.5. The molecule has 10 nitrogen and oxygen atoms in total. The summed E-state index contributed by atoms with van der Waals surface area (Å²) in [6.07, 6.45) is 1.56. The Balaban J connectivity index is 1.38. The molecule has 3 heterocycles. The average Bonchev–Trinajstić information content (AvgIpc) is 3.35. The predicted octanol–water partition coefficient (Wildman–Crippen LogP) is 0.742. The van der Waals surface area contributed by atoms with E-state index in [0.717, 1.165) is 10.9 Å². The first kappa shape index (κ1) is 19.6. The zero-order valence-corrected chi connectivity index (χ0v) is 16.5. The van der Waals surface area contributed by atoms with E-state index in [1.54, 1.807) is 24.2 Å². The number of nitrogens with one attached hydrogen (secondary N) is 3. The third-order valence-corrected chi connectivity index (χ3v) is 4.79. The number of carbonyl (C=O) groups excluding carboxylic acids is 3. The highest BCUT2D eigenvalue weighted by molar-refractivity contribution is 6.04. The molecule has 3 aromatic rings. The number of morpholine rings is 1. The predicted molar refractivity (Wildman–Crippen MR) is 109 cm³/mol. The molecule has 2 aromatic heterocycles.